The molecule has 2 aromatic rings. The normalized spacial score (nSPS) is 11.8. The van der Waals surface area contributed by atoms with Crippen LogP contribution in [0.3, 0.4) is 0 Å². The number of hydrogen-bond acceptors (Lipinski definition) is 6. The zero-order valence-corrected chi connectivity index (χ0v) is 12.6. The van der Waals surface area contributed by atoms with Gasteiger partial charge in [-0.15, -0.1) is 0 Å². The minimum atomic E-state index is -0.589. The summed E-state index contributed by atoms with van der Waals surface area (Å²) in [6.07, 6.45) is 1.40. The summed E-state index contributed by atoms with van der Waals surface area (Å²) in [5, 5.41) is 6.16. The predicted molar refractivity (Wildman–Crippen MR) is 87.2 cm³/mol. The Morgan fingerprint density at radius 2 is 2.18 bits per heavy atom. The molecule has 116 valence electrons. The summed E-state index contributed by atoms with van der Waals surface area (Å²) >= 11 is 0. The van der Waals surface area contributed by atoms with E-state index in [0.717, 1.165) is 11.3 Å². The van der Waals surface area contributed by atoms with E-state index in [4.69, 9.17) is 11.5 Å². The van der Waals surface area contributed by atoms with Gasteiger partial charge in [-0.2, -0.15) is 4.98 Å². The van der Waals surface area contributed by atoms with Gasteiger partial charge < -0.3 is 22.1 Å². The lowest BCUT2D eigenvalue weighted by molar-refractivity contribution is 0.100. The van der Waals surface area contributed by atoms with E-state index in [0.29, 0.717) is 18.3 Å². The molecule has 0 aliphatic heterocycles. The molecule has 0 bridgehead atoms. The number of carbonyl (C=O) groups excluding carboxylic acids is 1. The van der Waals surface area contributed by atoms with Crippen molar-refractivity contribution in [3.63, 3.8) is 0 Å². The Morgan fingerprint density at radius 3 is 2.82 bits per heavy atom. The Hall–Kier alpha value is -2.67. The third-order valence-electron chi connectivity index (χ3n) is 3.06. The van der Waals surface area contributed by atoms with Crippen molar-refractivity contribution < 1.29 is 4.79 Å². The van der Waals surface area contributed by atoms with E-state index in [1.807, 2.05) is 38.1 Å². The average Bonchev–Trinajstić information content (AvgIpc) is 2.47. The van der Waals surface area contributed by atoms with Crippen LogP contribution in [0.25, 0.3) is 0 Å². The van der Waals surface area contributed by atoms with Crippen LogP contribution in [-0.2, 0) is 0 Å². The van der Waals surface area contributed by atoms with E-state index in [2.05, 4.69) is 20.6 Å². The number of benzene rings is 1. The van der Waals surface area contributed by atoms with Gasteiger partial charge >= 0.3 is 0 Å². The summed E-state index contributed by atoms with van der Waals surface area (Å²) in [4.78, 5) is 19.9. The summed E-state index contributed by atoms with van der Waals surface area (Å²) in [7, 11) is 0. The molecule has 1 heterocycles. The van der Waals surface area contributed by atoms with Crippen LogP contribution < -0.4 is 22.1 Å². The Morgan fingerprint density at radius 1 is 1.41 bits per heavy atom. The standard InChI is InChI=1S/C15H20N6O/c1-9-4-3-5-11(6-9)20-14-12(13(17)22)8-18-15(21-14)19-10(2)7-16/h3-6,8,10H,7,16H2,1-2H3,(H2,17,22)(H2,18,19,20,21). The van der Waals surface area contributed by atoms with Crippen LogP contribution in [0.5, 0.6) is 0 Å². The average molecular weight is 300 g/mol. The molecular formula is C15H20N6O. The zero-order chi connectivity index (χ0) is 16.1. The molecule has 1 unspecified atom stereocenters. The zero-order valence-electron chi connectivity index (χ0n) is 12.6. The van der Waals surface area contributed by atoms with Crippen molar-refractivity contribution in [1.82, 2.24) is 9.97 Å². The van der Waals surface area contributed by atoms with Crippen molar-refractivity contribution in [3.05, 3.63) is 41.6 Å². The van der Waals surface area contributed by atoms with Gasteiger partial charge in [-0.25, -0.2) is 4.98 Å². The van der Waals surface area contributed by atoms with Crippen LogP contribution in [0.2, 0.25) is 0 Å². The summed E-state index contributed by atoms with van der Waals surface area (Å²) in [6, 6.07) is 7.75. The first-order valence-electron chi connectivity index (χ1n) is 6.96. The quantitative estimate of drug-likeness (QED) is 0.640. The SMILES string of the molecule is Cc1cccc(Nc2nc(NC(C)CN)ncc2C(N)=O)c1. The first-order chi connectivity index (χ1) is 10.5. The van der Waals surface area contributed by atoms with E-state index >= 15 is 0 Å². The molecule has 0 spiro atoms. The molecule has 0 aliphatic rings. The molecule has 0 radical (unpaired) electrons. The molecule has 6 N–H and O–H groups in total. The second kappa shape index (κ2) is 6.86. The molecule has 1 aromatic heterocycles. The first-order valence-corrected chi connectivity index (χ1v) is 6.96. The number of rotatable bonds is 6. The number of anilines is 3. The maximum Gasteiger partial charge on any atom is 0.254 e. The molecular weight excluding hydrogens is 280 g/mol. The largest absolute Gasteiger partial charge is 0.365 e. The van der Waals surface area contributed by atoms with E-state index in [9.17, 15) is 4.79 Å². The van der Waals surface area contributed by atoms with Gasteiger partial charge in [0.1, 0.15) is 11.4 Å². The van der Waals surface area contributed by atoms with Gasteiger partial charge in [-0.05, 0) is 31.5 Å². The number of hydrogen-bond donors (Lipinski definition) is 4. The molecule has 2 rings (SSSR count). The number of primary amides is 1. The number of nitrogens with one attached hydrogen (secondary N) is 2. The van der Waals surface area contributed by atoms with Gasteiger partial charge in [0.2, 0.25) is 5.95 Å². The van der Waals surface area contributed by atoms with Crippen LogP contribution in [0.15, 0.2) is 30.5 Å². The fourth-order valence-corrected chi connectivity index (χ4v) is 1.87. The first kappa shape index (κ1) is 15.7. The lowest BCUT2D eigenvalue weighted by atomic mass is 10.2. The summed E-state index contributed by atoms with van der Waals surface area (Å²) < 4.78 is 0. The van der Waals surface area contributed by atoms with E-state index in [1.165, 1.54) is 6.20 Å². The van der Waals surface area contributed by atoms with Gasteiger partial charge in [0, 0.05) is 24.5 Å². The van der Waals surface area contributed by atoms with Gasteiger partial charge in [0.15, 0.2) is 0 Å². The molecule has 0 saturated carbocycles. The number of aromatic nitrogens is 2. The van der Waals surface area contributed by atoms with Gasteiger partial charge in [0.25, 0.3) is 5.91 Å². The molecule has 1 amide bonds. The highest BCUT2D eigenvalue weighted by atomic mass is 16.1. The van der Waals surface area contributed by atoms with Gasteiger partial charge in [-0.3, -0.25) is 4.79 Å². The van der Waals surface area contributed by atoms with Crippen LogP contribution in [0.1, 0.15) is 22.8 Å². The number of nitrogens with two attached hydrogens (primary N) is 2. The Bertz CT molecular complexity index is 673. The lowest BCUT2D eigenvalue weighted by Gasteiger charge is -2.14. The molecule has 0 saturated heterocycles. The molecule has 22 heavy (non-hydrogen) atoms. The maximum atomic E-state index is 11.5. The Balaban J connectivity index is 2.33. The highest BCUT2D eigenvalue weighted by Gasteiger charge is 2.13. The number of amides is 1. The van der Waals surface area contributed by atoms with Crippen molar-refractivity contribution in [2.75, 3.05) is 17.2 Å². The molecule has 7 heteroatoms. The Kier molecular flexibility index (Phi) is 4.90. The van der Waals surface area contributed by atoms with Crippen LogP contribution >= 0.6 is 0 Å². The smallest absolute Gasteiger partial charge is 0.254 e. The van der Waals surface area contributed by atoms with Crippen LogP contribution in [0.4, 0.5) is 17.5 Å². The fourth-order valence-electron chi connectivity index (χ4n) is 1.87. The second-order valence-corrected chi connectivity index (χ2v) is 5.10. The third kappa shape index (κ3) is 3.92. The molecule has 1 aromatic carbocycles. The monoisotopic (exact) mass is 300 g/mol. The van der Waals surface area contributed by atoms with Crippen molar-refractivity contribution in [2.24, 2.45) is 11.5 Å². The fraction of sp³-hybridized carbons (Fsp3) is 0.267. The number of aryl methyl sites for hydroxylation is 1. The van der Waals surface area contributed by atoms with E-state index in [-0.39, 0.29) is 11.6 Å². The van der Waals surface area contributed by atoms with Crippen molar-refractivity contribution in [3.8, 4) is 0 Å². The third-order valence-corrected chi connectivity index (χ3v) is 3.06. The number of carbonyl (C=O) groups is 1. The van der Waals surface area contributed by atoms with Crippen LogP contribution in [0, 0.1) is 6.92 Å². The highest BCUT2D eigenvalue weighted by Crippen LogP contribution is 2.20. The molecule has 0 fully saturated rings. The summed E-state index contributed by atoms with van der Waals surface area (Å²) in [6.45, 7) is 4.34. The highest BCUT2D eigenvalue weighted by molar-refractivity contribution is 5.98. The van der Waals surface area contributed by atoms with E-state index < -0.39 is 5.91 Å². The Labute approximate surface area is 129 Å². The summed E-state index contributed by atoms with van der Waals surface area (Å²) in [5.41, 5.74) is 13.1. The van der Waals surface area contributed by atoms with Gasteiger partial charge in [-0.1, -0.05) is 12.1 Å². The van der Waals surface area contributed by atoms with Crippen LogP contribution in [-0.4, -0.2) is 28.5 Å². The maximum absolute atomic E-state index is 11.5. The predicted octanol–water partition coefficient (Wildman–Crippen LogP) is 1.39. The van der Waals surface area contributed by atoms with Crippen molar-refractivity contribution in [1.29, 1.82) is 0 Å². The molecule has 1 atom stereocenters. The van der Waals surface area contributed by atoms with Gasteiger partial charge in [0.05, 0.1) is 0 Å². The topological polar surface area (TPSA) is 119 Å². The molecule has 0 aliphatic carbocycles. The second-order valence-electron chi connectivity index (χ2n) is 5.10. The minimum absolute atomic E-state index is 0.0197. The van der Waals surface area contributed by atoms with Crippen molar-refractivity contribution >= 4 is 23.4 Å². The molecule has 7 nitrogen and oxygen atoms in total. The summed E-state index contributed by atoms with van der Waals surface area (Å²) in [5.74, 6) is 0.159. The number of nitrogens with zero attached hydrogens (tertiary/aromatic N) is 2. The minimum Gasteiger partial charge on any atom is -0.365 e. The lowest BCUT2D eigenvalue weighted by Crippen LogP contribution is -2.26. The van der Waals surface area contributed by atoms with Crippen molar-refractivity contribution in [2.45, 2.75) is 19.9 Å². The van der Waals surface area contributed by atoms with E-state index in [1.54, 1.807) is 0 Å².